The highest BCUT2D eigenvalue weighted by atomic mass is 32.1. The van der Waals surface area contributed by atoms with Crippen molar-refractivity contribution in [3.63, 3.8) is 0 Å². The average molecular weight is 565 g/mol. The van der Waals surface area contributed by atoms with Gasteiger partial charge < -0.3 is 25.4 Å². The number of ether oxygens (including phenoxy) is 1. The molecule has 2 atom stereocenters. The Morgan fingerprint density at radius 2 is 1.80 bits per heavy atom. The van der Waals surface area contributed by atoms with Crippen LogP contribution in [0, 0.1) is 6.92 Å². The number of carbonyl (C=O) groups is 4. The van der Waals surface area contributed by atoms with Gasteiger partial charge in [-0.3, -0.25) is 19.3 Å². The Hall–Kier alpha value is -4.38. The number of amides is 4. The number of aryl methyl sites for hydroxylation is 1. The summed E-state index contributed by atoms with van der Waals surface area (Å²) in [5.74, 6) is -1.39. The van der Waals surface area contributed by atoms with Crippen LogP contribution in [0.2, 0.25) is 0 Å². The second kappa shape index (κ2) is 13.1. The van der Waals surface area contributed by atoms with Gasteiger partial charge in [0.1, 0.15) is 5.75 Å². The molecule has 4 rings (SSSR count). The van der Waals surface area contributed by atoms with E-state index >= 15 is 0 Å². The van der Waals surface area contributed by atoms with Crippen molar-refractivity contribution >= 4 is 40.8 Å². The molecule has 1 saturated heterocycles. The molecule has 210 valence electrons. The molecule has 2 aromatic carbocycles. The molecule has 1 aliphatic heterocycles. The number of methoxy groups -OCH3 is 1. The molecule has 0 radical (unpaired) electrons. The summed E-state index contributed by atoms with van der Waals surface area (Å²) in [4.78, 5) is 56.1. The van der Waals surface area contributed by atoms with Gasteiger partial charge in [-0.1, -0.05) is 35.9 Å². The molecule has 3 aromatic rings. The van der Waals surface area contributed by atoms with Crippen molar-refractivity contribution in [2.24, 2.45) is 0 Å². The van der Waals surface area contributed by atoms with Gasteiger partial charge >= 0.3 is 12.0 Å². The first-order valence-electron chi connectivity index (χ1n) is 12.9. The number of nitrogens with zero attached hydrogens (tertiary/aromatic N) is 2. The number of hydrogen-bond acceptors (Lipinski definition) is 6. The molecule has 2 heterocycles. The Bertz CT molecular complexity index is 1340. The van der Waals surface area contributed by atoms with E-state index in [1.54, 1.807) is 43.5 Å². The summed E-state index contributed by atoms with van der Waals surface area (Å²) in [7, 11) is 1.54. The molecule has 40 heavy (non-hydrogen) atoms. The summed E-state index contributed by atoms with van der Waals surface area (Å²) < 4.78 is 5.17. The smallest absolute Gasteiger partial charge is 0.323 e. The van der Waals surface area contributed by atoms with E-state index < -0.39 is 30.1 Å². The molecule has 0 spiro atoms. The Balaban J connectivity index is 1.62. The summed E-state index contributed by atoms with van der Waals surface area (Å²) in [5.41, 5.74) is 2.03. The SMILES string of the molecule is COc1ccc(NC(=O)N2CCCN(C(=O)Cc3cccs3)C2C(=O)NC(CC(=O)O)c2cccc(C)c2)cc1. The molecule has 0 bridgehead atoms. The van der Waals surface area contributed by atoms with Crippen molar-refractivity contribution in [3.8, 4) is 5.75 Å². The largest absolute Gasteiger partial charge is 0.497 e. The van der Waals surface area contributed by atoms with Crippen LogP contribution < -0.4 is 15.4 Å². The van der Waals surface area contributed by atoms with Crippen LogP contribution >= 0.6 is 11.3 Å². The van der Waals surface area contributed by atoms with E-state index in [1.807, 2.05) is 36.6 Å². The predicted molar refractivity (Wildman–Crippen MR) is 151 cm³/mol. The summed E-state index contributed by atoms with van der Waals surface area (Å²) >= 11 is 1.44. The second-order valence-corrected chi connectivity index (χ2v) is 10.5. The summed E-state index contributed by atoms with van der Waals surface area (Å²) in [6.45, 7) is 2.39. The summed E-state index contributed by atoms with van der Waals surface area (Å²) in [6, 6.07) is 16.3. The zero-order valence-electron chi connectivity index (χ0n) is 22.3. The van der Waals surface area contributed by atoms with Crippen LogP contribution in [0.4, 0.5) is 10.5 Å². The van der Waals surface area contributed by atoms with Gasteiger partial charge in [0.2, 0.25) is 5.91 Å². The minimum Gasteiger partial charge on any atom is -0.497 e. The summed E-state index contributed by atoms with van der Waals surface area (Å²) in [5, 5.41) is 17.1. The number of hydrogen-bond donors (Lipinski definition) is 3. The van der Waals surface area contributed by atoms with Crippen LogP contribution in [0.5, 0.6) is 5.75 Å². The van der Waals surface area contributed by atoms with Gasteiger partial charge in [0.15, 0.2) is 6.17 Å². The van der Waals surface area contributed by atoms with Crippen molar-refractivity contribution in [1.82, 2.24) is 15.1 Å². The van der Waals surface area contributed by atoms with Crippen LogP contribution in [0.1, 0.15) is 34.9 Å². The second-order valence-electron chi connectivity index (χ2n) is 9.50. The van der Waals surface area contributed by atoms with E-state index in [1.165, 1.54) is 21.1 Å². The van der Waals surface area contributed by atoms with E-state index in [0.29, 0.717) is 23.4 Å². The standard InChI is InChI=1S/C29H32N4O6S/c1-19-6-3-7-20(16-19)24(18-26(35)36)31-27(37)28-32(25(34)17-23-8-4-15-40-23)13-5-14-33(28)29(38)30-21-9-11-22(39-2)12-10-21/h3-4,6-12,15-16,24,28H,5,13-14,17-18H2,1-2H3,(H,30,38)(H,31,37)(H,35,36). The monoisotopic (exact) mass is 564 g/mol. The Morgan fingerprint density at radius 1 is 1.05 bits per heavy atom. The van der Waals surface area contributed by atoms with Gasteiger partial charge in [-0.05, 0) is 54.6 Å². The van der Waals surface area contributed by atoms with Crippen LogP contribution in [0.3, 0.4) is 0 Å². The van der Waals surface area contributed by atoms with E-state index in [-0.39, 0.29) is 31.8 Å². The average Bonchev–Trinajstić information content (AvgIpc) is 3.45. The van der Waals surface area contributed by atoms with Crippen LogP contribution in [-0.2, 0) is 20.8 Å². The van der Waals surface area contributed by atoms with Gasteiger partial charge in [-0.15, -0.1) is 11.3 Å². The Labute approximate surface area is 236 Å². The first kappa shape index (κ1) is 28.6. The molecule has 1 aliphatic rings. The third kappa shape index (κ3) is 7.17. The number of benzene rings is 2. The molecule has 1 aromatic heterocycles. The van der Waals surface area contributed by atoms with E-state index in [4.69, 9.17) is 4.74 Å². The molecule has 10 nitrogen and oxygen atoms in total. The van der Waals surface area contributed by atoms with Gasteiger partial charge in [0.05, 0.1) is 26.0 Å². The highest BCUT2D eigenvalue weighted by Gasteiger charge is 2.41. The lowest BCUT2D eigenvalue weighted by Crippen LogP contribution is -2.64. The van der Waals surface area contributed by atoms with Gasteiger partial charge in [0.25, 0.3) is 5.91 Å². The minimum absolute atomic E-state index is 0.0891. The molecule has 1 fully saturated rings. The van der Waals surface area contributed by atoms with Crippen LogP contribution in [0.25, 0.3) is 0 Å². The number of thiophene rings is 1. The zero-order chi connectivity index (χ0) is 28.6. The maximum atomic E-state index is 13.9. The van der Waals surface area contributed by atoms with Crippen LogP contribution in [-0.4, -0.2) is 65.1 Å². The third-order valence-corrected chi connectivity index (χ3v) is 7.47. The maximum absolute atomic E-state index is 13.9. The minimum atomic E-state index is -1.26. The fourth-order valence-corrected chi connectivity index (χ4v) is 5.37. The molecule has 11 heteroatoms. The van der Waals surface area contributed by atoms with Crippen molar-refractivity contribution in [2.75, 3.05) is 25.5 Å². The van der Waals surface area contributed by atoms with Crippen molar-refractivity contribution in [2.45, 2.75) is 38.4 Å². The number of carboxylic acids is 1. The van der Waals surface area contributed by atoms with Gasteiger partial charge in [-0.2, -0.15) is 0 Å². The van der Waals surface area contributed by atoms with Crippen LogP contribution in [0.15, 0.2) is 66.0 Å². The molecule has 2 unspecified atom stereocenters. The molecule has 4 amide bonds. The number of nitrogens with one attached hydrogen (secondary N) is 2. The normalized spacial score (nSPS) is 15.7. The Morgan fingerprint density at radius 3 is 2.45 bits per heavy atom. The highest BCUT2D eigenvalue weighted by Crippen LogP contribution is 2.24. The van der Waals surface area contributed by atoms with E-state index in [0.717, 1.165) is 10.4 Å². The molecule has 0 saturated carbocycles. The maximum Gasteiger partial charge on any atom is 0.323 e. The first-order valence-corrected chi connectivity index (χ1v) is 13.8. The molecule has 0 aliphatic carbocycles. The number of anilines is 1. The first-order chi connectivity index (χ1) is 19.2. The number of carbonyl (C=O) groups excluding carboxylic acids is 3. The lowest BCUT2D eigenvalue weighted by molar-refractivity contribution is -0.149. The number of urea groups is 1. The number of rotatable bonds is 9. The number of carboxylic acid groups (broad SMARTS) is 1. The van der Waals surface area contributed by atoms with Crippen molar-refractivity contribution in [3.05, 3.63) is 82.0 Å². The molecular formula is C29H32N4O6S. The molecular weight excluding hydrogens is 532 g/mol. The zero-order valence-corrected chi connectivity index (χ0v) is 23.1. The van der Waals surface area contributed by atoms with E-state index in [9.17, 15) is 24.3 Å². The lowest BCUT2D eigenvalue weighted by Gasteiger charge is -2.43. The van der Waals surface area contributed by atoms with Crippen molar-refractivity contribution in [1.29, 1.82) is 0 Å². The fraction of sp³-hybridized carbons (Fsp3) is 0.310. The van der Waals surface area contributed by atoms with Crippen molar-refractivity contribution < 1.29 is 29.0 Å². The topological polar surface area (TPSA) is 128 Å². The third-order valence-electron chi connectivity index (χ3n) is 6.59. The Kier molecular flexibility index (Phi) is 9.39. The summed E-state index contributed by atoms with van der Waals surface area (Å²) in [6.07, 6.45) is -1.05. The molecule has 3 N–H and O–H groups in total. The highest BCUT2D eigenvalue weighted by molar-refractivity contribution is 7.10. The van der Waals surface area contributed by atoms with Gasteiger partial charge in [-0.25, -0.2) is 4.79 Å². The quantitative estimate of drug-likeness (QED) is 0.360. The van der Waals surface area contributed by atoms with Gasteiger partial charge in [0, 0.05) is 23.7 Å². The predicted octanol–water partition coefficient (Wildman–Crippen LogP) is 4.03. The number of aliphatic carboxylic acids is 1. The van der Waals surface area contributed by atoms with E-state index in [2.05, 4.69) is 10.6 Å². The lowest BCUT2D eigenvalue weighted by atomic mass is 10.0. The fourth-order valence-electron chi connectivity index (χ4n) is 4.67.